The van der Waals surface area contributed by atoms with Gasteiger partial charge in [0.25, 0.3) is 5.56 Å². The van der Waals surface area contributed by atoms with Crippen LogP contribution in [-0.2, 0) is 6.54 Å². The molecular weight excluding hydrogens is 388 g/mol. The lowest BCUT2D eigenvalue weighted by Gasteiger charge is -2.26. The summed E-state index contributed by atoms with van der Waals surface area (Å²) in [5.41, 5.74) is 4.90. The molecule has 0 saturated carbocycles. The van der Waals surface area contributed by atoms with Crippen LogP contribution in [0.2, 0.25) is 0 Å². The third kappa shape index (κ3) is 3.77. The highest BCUT2D eigenvalue weighted by atomic mass is 16.1. The van der Waals surface area contributed by atoms with Gasteiger partial charge in [0.2, 0.25) is 0 Å². The van der Waals surface area contributed by atoms with Crippen LogP contribution in [0.1, 0.15) is 47.0 Å². The predicted molar refractivity (Wildman–Crippen MR) is 120 cm³/mol. The average molecular weight is 415 g/mol. The van der Waals surface area contributed by atoms with Gasteiger partial charge >= 0.3 is 0 Å². The molecule has 0 spiro atoms. The number of tetrazole rings is 1. The van der Waals surface area contributed by atoms with E-state index in [1.54, 1.807) is 0 Å². The molecular formula is C24H26N6O. The molecule has 31 heavy (non-hydrogen) atoms. The Balaban J connectivity index is 1.64. The molecule has 0 unspecified atom stereocenters. The maximum Gasteiger partial charge on any atom is 0.253 e. The van der Waals surface area contributed by atoms with E-state index in [4.69, 9.17) is 0 Å². The fraction of sp³-hybridized carbons (Fsp3) is 0.333. The summed E-state index contributed by atoms with van der Waals surface area (Å²) in [6, 6.07) is 16.1. The van der Waals surface area contributed by atoms with Crippen molar-refractivity contribution in [2.24, 2.45) is 0 Å². The first kappa shape index (κ1) is 19.6. The first-order valence-corrected chi connectivity index (χ1v) is 10.8. The Morgan fingerprint density at radius 3 is 2.61 bits per heavy atom. The third-order valence-electron chi connectivity index (χ3n) is 6.12. The number of aryl methyl sites for hydroxylation is 2. The number of aromatic nitrogens is 5. The van der Waals surface area contributed by atoms with Gasteiger partial charge in [-0.3, -0.25) is 9.69 Å². The van der Waals surface area contributed by atoms with Gasteiger partial charge in [-0.05, 0) is 79.0 Å². The number of nitrogens with one attached hydrogen (secondary N) is 1. The zero-order valence-electron chi connectivity index (χ0n) is 17.9. The van der Waals surface area contributed by atoms with Crippen LogP contribution in [-0.4, -0.2) is 43.2 Å². The van der Waals surface area contributed by atoms with Crippen molar-refractivity contribution in [1.29, 1.82) is 0 Å². The lowest BCUT2D eigenvalue weighted by atomic mass is 10.00. The highest BCUT2D eigenvalue weighted by molar-refractivity contribution is 5.83. The van der Waals surface area contributed by atoms with Gasteiger partial charge in [0.15, 0.2) is 5.82 Å². The lowest BCUT2D eigenvalue weighted by molar-refractivity contribution is 0.263. The fourth-order valence-electron chi connectivity index (χ4n) is 4.67. The number of fused-ring (bicyclic) bond motifs is 1. The summed E-state index contributed by atoms with van der Waals surface area (Å²) in [5, 5.41) is 13.7. The van der Waals surface area contributed by atoms with Gasteiger partial charge in [-0.25, -0.2) is 4.68 Å². The zero-order valence-corrected chi connectivity index (χ0v) is 17.9. The molecule has 0 radical (unpaired) electrons. The Morgan fingerprint density at radius 2 is 1.84 bits per heavy atom. The minimum atomic E-state index is -0.282. The molecule has 158 valence electrons. The third-order valence-corrected chi connectivity index (χ3v) is 6.12. The number of hydrogen-bond donors (Lipinski definition) is 1. The van der Waals surface area contributed by atoms with Gasteiger partial charge in [0.1, 0.15) is 6.04 Å². The first-order chi connectivity index (χ1) is 15.1. The number of H-pyrrole nitrogens is 1. The van der Waals surface area contributed by atoms with E-state index in [0.29, 0.717) is 17.9 Å². The normalized spacial score (nSPS) is 15.5. The second kappa shape index (κ2) is 8.07. The number of likely N-dealkylation sites (tertiary alicyclic amines) is 1. The van der Waals surface area contributed by atoms with E-state index in [9.17, 15) is 4.79 Å². The summed E-state index contributed by atoms with van der Waals surface area (Å²) in [4.78, 5) is 18.7. The smallest absolute Gasteiger partial charge is 0.253 e. The summed E-state index contributed by atoms with van der Waals surface area (Å²) >= 11 is 0. The van der Waals surface area contributed by atoms with E-state index in [1.165, 1.54) is 0 Å². The standard InChI is InChI=1S/C24H26N6O/c1-16-12-17(2)19-14-20(24(31)25-21(19)13-16)22(29-10-6-7-11-29)23-26-27-28-30(23)15-18-8-4-3-5-9-18/h3-5,8-9,12-14,22H,6-7,10-11,15H2,1-2H3,(H,25,31)/t22-/m1/s1. The second-order valence-electron chi connectivity index (χ2n) is 8.42. The van der Waals surface area contributed by atoms with Gasteiger partial charge in [-0.15, -0.1) is 5.10 Å². The summed E-state index contributed by atoms with van der Waals surface area (Å²) in [7, 11) is 0. The number of benzene rings is 2. The number of aromatic amines is 1. The second-order valence-corrected chi connectivity index (χ2v) is 8.42. The molecule has 2 aromatic carbocycles. The van der Waals surface area contributed by atoms with Crippen molar-refractivity contribution < 1.29 is 0 Å². The van der Waals surface area contributed by atoms with Crippen LogP contribution in [0.25, 0.3) is 10.9 Å². The SMILES string of the molecule is Cc1cc(C)c2cc([C@H](c3nnnn3Cc3ccccc3)N3CCCC3)c(=O)[nH]c2c1. The van der Waals surface area contributed by atoms with Gasteiger partial charge in [-0.2, -0.15) is 0 Å². The lowest BCUT2D eigenvalue weighted by Crippen LogP contribution is -2.33. The summed E-state index contributed by atoms with van der Waals surface area (Å²) in [5.74, 6) is 0.709. The van der Waals surface area contributed by atoms with Crippen LogP contribution in [0.4, 0.5) is 0 Å². The number of rotatable bonds is 5. The first-order valence-electron chi connectivity index (χ1n) is 10.8. The molecule has 0 bridgehead atoms. The van der Waals surface area contributed by atoms with E-state index in [2.05, 4.69) is 50.5 Å². The van der Waals surface area contributed by atoms with Gasteiger partial charge in [0.05, 0.1) is 6.54 Å². The van der Waals surface area contributed by atoms with Crippen LogP contribution in [0.15, 0.2) is 53.3 Å². The Bertz CT molecular complexity index is 1270. The van der Waals surface area contributed by atoms with Crippen molar-refractivity contribution in [3.05, 3.63) is 87.0 Å². The molecule has 2 aromatic heterocycles. The molecule has 1 aliphatic rings. The van der Waals surface area contributed by atoms with Crippen LogP contribution in [0, 0.1) is 13.8 Å². The Hall–Kier alpha value is -3.32. The molecule has 4 aromatic rings. The van der Waals surface area contributed by atoms with Gasteiger partial charge in [0, 0.05) is 16.5 Å². The van der Waals surface area contributed by atoms with Crippen LogP contribution < -0.4 is 5.56 Å². The fourth-order valence-corrected chi connectivity index (χ4v) is 4.67. The van der Waals surface area contributed by atoms with Crippen LogP contribution in [0.3, 0.4) is 0 Å². The molecule has 7 nitrogen and oxygen atoms in total. The van der Waals surface area contributed by atoms with Crippen molar-refractivity contribution in [1.82, 2.24) is 30.1 Å². The Labute approximate surface area is 180 Å². The number of nitrogens with zero attached hydrogens (tertiary/aromatic N) is 5. The van der Waals surface area contributed by atoms with E-state index in [-0.39, 0.29) is 11.6 Å². The van der Waals surface area contributed by atoms with Crippen molar-refractivity contribution in [3.8, 4) is 0 Å². The largest absolute Gasteiger partial charge is 0.322 e. The molecule has 7 heteroatoms. The summed E-state index contributed by atoms with van der Waals surface area (Å²) in [6.07, 6.45) is 2.22. The highest BCUT2D eigenvalue weighted by Crippen LogP contribution is 2.30. The molecule has 5 rings (SSSR count). The molecule has 3 heterocycles. The minimum Gasteiger partial charge on any atom is -0.322 e. The molecule has 0 aliphatic carbocycles. The van der Waals surface area contributed by atoms with E-state index >= 15 is 0 Å². The maximum absolute atomic E-state index is 13.3. The van der Waals surface area contributed by atoms with Crippen molar-refractivity contribution in [3.63, 3.8) is 0 Å². The maximum atomic E-state index is 13.3. The molecule has 0 amide bonds. The molecule has 1 saturated heterocycles. The van der Waals surface area contributed by atoms with Crippen molar-refractivity contribution in [2.75, 3.05) is 13.1 Å². The highest BCUT2D eigenvalue weighted by Gasteiger charge is 2.32. The quantitative estimate of drug-likeness (QED) is 0.542. The molecule has 1 fully saturated rings. The predicted octanol–water partition coefficient (Wildman–Crippen LogP) is 3.36. The van der Waals surface area contributed by atoms with E-state index < -0.39 is 0 Å². The Morgan fingerprint density at radius 1 is 1.06 bits per heavy atom. The average Bonchev–Trinajstić information content (AvgIpc) is 3.43. The van der Waals surface area contributed by atoms with E-state index in [1.807, 2.05) is 41.9 Å². The summed E-state index contributed by atoms with van der Waals surface area (Å²) in [6.45, 7) is 6.54. The van der Waals surface area contributed by atoms with Crippen molar-refractivity contribution in [2.45, 2.75) is 39.3 Å². The molecule has 1 atom stereocenters. The topological polar surface area (TPSA) is 79.7 Å². The van der Waals surface area contributed by atoms with Crippen LogP contribution in [0.5, 0.6) is 0 Å². The monoisotopic (exact) mass is 414 g/mol. The van der Waals surface area contributed by atoms with Crippen molar-refractivity contribution >= 4 is 10.9 Å². The number of hydrogen-bond acceptors (Lipinski definition) is 5. The van der Waals surface area contributed by atoms with E-state index in [0.717, 1.165) is 53.5 Å². The summed E-state index contributed by atoms with van der Waals surface area (Å²) < 4.78 is 1.82. The van der Waals surface area contributed by atoms with Gasteiger partial charge < -0.3 is 4.98 Å². The van der Waals surface area contributed by atoms with Crippen LogP contribution >= 0.6 is 0 Å². The Kier molecular flexibility index (Phi) is 5.11. The molecule has 1 N–H and O–H groups in total. The molecule has 1 aliphatic heterocycles. The number of pyridine rings is 1. The zero-order chi connectivity index (χ0) is 21.4. The van der Waals surface area contributed by atoms with Gasteiger partial charge in [-0.1, -0.05) is 36.4 Å². The minimum absolute atomic E-state index is 0.0799.